The molecule has 1 aliphatic rings. The van der Waals surface area contributed by atoms with Crippen LogP contribution in [-0.2, 0) is 9.84 Å². The Morgan fingerprint density at radius 1 is 0.857 bits per heavy atom. The van der Waals surface area contributed by atoms with Crippen molar-refractivity contribution in [2.45, 2.75) is 84.1 Å². The van der Waals surface area contributed by atoms with Crippen LogP contribution in [-0.4, -0.2) is 43.5 Å². The molecule has 126 valence electrons. The molecule has 0 bridgehead atoms. The highest BCUT2D eigenvalue weighted by molar-refractivity contribution is 7.91. The summed E-state index contributed by atoms with van der Waals surface area (Å²) in [6.45, 7) is 8.32. The molecule has 0 radical (unpaired) electrons. The molecule has 0 aromatic rings. The van der Waals surface area contributed by atoms with E-state index in [0.29, 0.717) is 11.5 Å². The molecule has 1 heterocycles. The fraction of sp³-hybridized carbons (Fsp3) is 1.00. The highest BCUT2D eigenvalue weighted by Crippen LogP contribution is 2.30. The summed E-state index contributed by atoms with van der Waals surface area (Å²) in [4.78, 5) is 2.46. The molecule has 1 saturated heterocycles. The van der Waals surface area contributed by atoms with Crippen molar-refractivity contribution in [3.8, 4) is 0 Å². The van der Waals surface area contributed by atoms with Crippen LogP contribution in [0.15, 0.2) is 0 Å². The summed E-state index contributed by atoms with van der Waals surface area (Å²) in [5.74, 6) is 0.703. The van der Waals surface area contributed by atoms with E-state index in [0.717, 1.165) is 13.1 Å². The number of nitrogens with zero attached hydrogens (tertiary/aromatic N) is 1. The third kappa shape index (κ3) is 6.68. The lowest BCUT2D eigenvalue weighted by Crippen LogP contribution is -2.53. The van der Waals surface area contributed by atoms with E-state index in [2.05, 4.69) is 25.7 Å². The van der Waals surface area contributed by atoms with Gasteiger partial charge in [0.2, 0.25) is 0 Å². The predicted octanol–water partition coefficient (Wildman–Crippen LogP) is 4.03. The Bertz CT molecular complexity index is 366. The molecular formula is C17H35NO2S. The zero-order chi connectivity index (χ0) is 15.8. The minimum Gasteiger partial charge on any atom is -0.296 e. The zero-order valence-electron chi connectivity index (χ0n) is 14.4. The predicted molar refractivity (Wildman–Crippen MR) is 91.5 cm³/mol. The third-order valence-corrected chi connectivity index (χ3v) is 6.60. The maximum Gasteiger partial charge on any atom is 0.152 e. The van der Waals surface area contributed by atoms with Gasteiger partial charge >= 0.3 is 0 Å². The van der Waals surface area contributed by atoms with Gasteiger partial charge in [-0.05, 0) is 19.8 Å². The Morgan fingerprint density at radius 3 is 1.95 bits per heavy atom. The van der Waals surface area contributed by atoms with Gasteiger partial charge in [-0.25, -0.2) is 8.42 Å². The van der Waals surface area contributed by atoms with Gasteiger partial charge in [-0.2, -0.15) is 0 Å². The normalized spacial score (nSPS) is 22.0. The van der Waals surface area contributed by atoms with Crippen LogP contribution >= 0.6 is 0 Å². The van der Waals surface area contributed by atoms with E-state index in [-0.39, 0.29) is 5.54 Å². The lowest BCUT2D eigenvalue weighted by molar-refractivity contribution is 0.0898. The second-order valence-corrected chi connectivity index (χ2v) is 9.21. The molecule has 21 heavy (non-hydrogen) atoms. The number of hydrogen-bond donors (Lipinski definition) is 0. The first-order valence-corrected chi connectivity index (χ1v) is 10.7. The van der Waals surface area contributed by atoms with Crippen LogP contribution in [0.3, 0.4) is 0 Å². The molecule has 0 N–H and O–H groups in total. The summed E-state index contributed by atoms with van der Waals surface area (Å²) in [5, 5.41) is 0. The van der Waals surface area contributed by atoms with Gasteiger partial charge in [0.1, 0.15) is 0 Å². The standard InChI is InChI=1S/C17H35NO2S/c1-4-6-8-9-10-12-17(3,11-7-5-2)18-13-15-21(19,20)16-14-18/h4-16H2,1-3H3. The summed E-state index contributed by atoms with van der Waals surface area (Å²) >= 11 is 0. The Labute approximate surface area is 132 Å². The van der Waals surface area contributed by atoms with E-state index in [1.165, 1.54) is 57.8 Å². The van der Waals surface area contributed by atoms with Crippen LogP contribution in [0.5, 0.6) is 0 Å². The van der Waals surface area contributed by atoms with E-state index in [4.69, 9.17) is 0 Å². The van der Waals surface area contributed by atoms with Gasteiger partial charge in [-0.1, -0.05) is 58.8 Å². The fourth-order valence-electron chi connectivity index (χ4n) is 3.36. The number of unbranched alkanes of at least 4 members (excludes halogenated alkanes) is 5. The number of rotatable bonds is 10. The Balaban J connectivity index is 2.52. The second kappa shape index (κ2) is 9.14. The minimum absolute atomic E-state index is 0.207. The molecule has 0 amide bonds. The van der Waals surface area contributed by atoms with Crippen molar-refractivity contribution in [1.29, 1.82) is 0 Å². The molecule has 0 aromatic heterocycles. The SMILES string of the molecule is CCCCCCCC(C)(CCCC)N1CCS(=O)(=O)CC1. The highest BCUT2D eigenvalue weighted by Gasteiger charge is 2.34. The van der Waals surface area contributed by atoms with E-state index in [1.807, 2.05) is 0 Å². The van der Waals surface area contributed by atoms with E-state index in [1.54, 1.807) is 0 Å². The van der Waals surface area contributed by atoms with E-state index >= 15 is 0 Å². The fourth-order valence-corrected chi connectivity index (χ4v) is 4.56. The third-order valence-electron chi connectivity index (χ3n) is 5.00. The van der Waals surface area contributed by atoms with Crippen LogP contribution < -0.4 is 0 Å². The molecule has 3 nitrogen and oxygen atoms in total. The van der Waals surface area contributed by atoms with Crippen molar-refractivity contribution in [2.75, 3.05) is 24.6 Å². The summed E-state index contributed by atoms with van der Waals surface area (Å²) in [7, 11) is -2.77. The van der Waals surface area contributed by atoms with Crippen LogP contribution in [0.4, 0.5) is 0 Å². The number of sulfone groups is 1. The maximum atomic E-state index is 11.6. The van der Waals surface area contributed by atoms with Crippen molar-refractivity contribution >= 4 is 9.84 Å². The lowest BCUT2D eigenvalue weighted by atomic mass is 9.86. The number of hydrogen-bond acceptors (Lipinski definition) is 3. The Morgan fingerprint density at radius 2 is 1.38 bits per heavy atom. The summed E-state index contributed by atoms with van der Waals surface area (Å²) in [6.07, 6.45) is 11.5. The van der Waals surface area contributed by atoms with Gasteiger partial charge in [0.05, 0.1) is 11.5 Å². The average Bonchev–Trinajstić information content (AvgIpc) is 2.45. The van der Waals surface area contributed by atoms with Crippen molar-refractivity contribution < 1.29 is 8.42 Å². The molecule has 0 saturated carbocycles. The lowest BCUT2D eigenvalue weighted by Gasteiger charge is -2.44. The van der Waals surface area contributed by atoms with Crippen LogP contribution in [0, 0.1) is 0 Å². The average molecular weight is 318 g/mol. The van der Waals surface area contributed by atoms with Gasteiger partial charge in [0.15, 0.2) is 9.84 Å². The van der Waals surface area contributed by atoms with Gasteiger partial charge in [-0.3, -0.25) is 4.90 Å². The van der Waals surface area contributed by atoms with Gasteiger partial charge in [-0.15, -0.1) is 0 Å². The van der Waals surface area contributed by atoms with Crippen molar-refractivity contribution in [3.05, 3.63) is 0 Å². The van der Waals surface area contributed by atoms with Crippen LogP contribution in [0.1, 0.15) is 78.6 Å². The first-order valence-electron chi connectivity index (χ1n) is 8.89. The maximum absolute atomic E-state index is 11.6. The first-order chi connectivity index (χ1) is 9.93. The van der Waals surface area contributed by atoms with Gasteiger partial charge in [0.25, 0.3) is 0 Å². The van der Waals surface area contributed by atoms with Gasteiger partial charge < -0.3 is 0 Å². The molecule has 1 aliphatic heterocycles. The Hall–Kier alpha value is -0.0900. The molecule has 0 aromatic carbocycles. The molecule has 0 aliphatic carbocycles. The molecule has 0 spiro atoms. The van der Waals surface area contributed by atoms with Crippen molar-refractivity contribution in [3.63, 3.8) is 0 Å². The first kappa shape index (κ1) is 19.0. The van der Waals surface area contributed by atoms with Crippen LogP contribution in [0.25, 0.3) is 0 Å². The van der Waals surface area contributed by atoms with E-state index < -0.39 is 9.84 Å². The molecule has 1 rings (SSSR count). The molecule has 1 unspecified atom stereocenters. The molecule has 4 heteroatoms. The van der Waals surface area contributed by atoms with Gasteiger partial charge in [0, 0.05) is 18.6 Å². The van der Waals surface area contributed by atoms with Crippen LogP contribution in [0.2, 0.25) is 0 Å². The molecule has 1 atom stereocenters. The summed E-state index contributed by atoms with van der Waals surface area (Å²) < 4.78 is 23.3. The molecular weight excluding hydrogens is 282 g/mol. The smallest absolute Gasteiger partial charge is 0.152 e. The minimum atomic E-state index is -2.77. The largest absolute Gasteiger partial charge is 0.296 e. The van der Waals surface area contributed by atoms with Crippen molar-refractivity contribution in [1.82, 2.24) is 4.90 Å². The quantitative estimate of drug-likeness (QED) is 0.571. The summed E-state index contributed by atoms with van der Waals surface area (Å²) in [6, 6.07) is 0. The topological polar surface area (TPSA) is 37.4 Å². The summed E-state index contributed by atoms with van der Waals surface area (Å²) in [5.41, 5.74) is 0.207. The van der Waals surface area contributed by atoms with Crippen molar-refractivity contribution in [2.24, 2.45) is 0 Å². The zero-order valence-corrected chi connectivity index (χ0v) is 15.2. The highest BCUT2D eigenvalue weighted by atomic mass is 32.2. The molecule has 1 fully saturated rings. The van der Waals surface area contributed by atoms with E-state index in [9.17, 15) is 8.42 Å². The monoisotopic (exact) mass is 317 g/mol. The second-order valence-electron chi connectivity index (χ2n) is 6.90. The Kier molecular flexibility index (Phi) is 8.25.